The molecule has 3 nitrogen and oxygen atoms in total. The van der Waals surface area contributed by atoms with Gasteiger partial charge in [-0.1, -0.05) is 18.6 Å². The van der Waals surface area contributed by atoms with Crippen LogP contribution in [0.4, 0.5) is 13.2 Å². The van der Waals surface area contributed by atoms with Crippen molar-refractivity contribution in [1.82, 2.24) is 10.2 Å². The average Bonchev–Trinajstić information content (AvgIpc) is 2.93. The van der Waals surface area contributed by atoms with Crippen LogP contribution in [0.2, 0.25) is 0 Å². The fourth-order valence-electron chi connectivity index (χ4n) is 3.57. The van der Waals surface area contributed by atoms with Crippen molar-refractivity contribution in [2.45, 2.75) is 38.4 Å². The molecule has 134 valence electrons. The van der Waals surface area contributed by atoms with E-state index >= 15 is 0 Å². The minimum atomic E-state index is -4.30. The van der Waals surface area contributed by atoms with E-state index in [4.69, 9.17) is 0 Å². The lowest BCUT2D eigenvalue weighted by Gasteiger charge is -2.38. The van der Waals surface area contributed by atoms with Crippen LogP contribution in [0.1, 0.15) is 36.8 Å². The van der Waals surface area contributed by atoms with Crippen molar-refractivity contribution in [3.63, 3.8) is 0 Å². The smallest absolute Gasteiger partial charge is 0.352 e. The van der Waals surface area contributed by atoms with E-state index in [-0.39, 0.29) is 24.0 Å². The van der Waals surface area contributed by atoms with Crippen LogP contribution < -0.4 is 5.32 Å². The van der Waals surface area contributed by atoms with Crippen molar-refractivity contribution in [3.8, 4) is 0 Å². The number of nitrogens with zero attached hydrogens (tertiary/aromatic N) is 2. The molecule has 1 spiro atoms. The van der Waals surface area contributed by atoms with Gasteiger partial charge in [0.15, 0.2) is 5.96 Å². The molecule has 1 aliphatic carbocycles. The number of hydrogen-bond donors (Lipinski definition) is 1. The summed E-state index contributed by atoms with van der Waals surface area (Å²) in [5.41, 5.74) is 0.466. The van der Waals surface area contributed by atoms with Gasteiger partial charge in [-0.15, -0.1) is 24.0 Å². The topological polar surface area (TPSA) is 27.6 Å². The molecular weight excluding hydrogens is 430 g/mol. The normalized spacial score (nSPS) is 19.8. The summed E-state index contributed by atoms with van der Waals surface area (Å²) in [5, 5.41) is 3.20. The van der Waals surface area contributed by atoms with Crippen LogP contribution in [-0.2, 0) is 12.7 Å². The van der Waals surface area contributed by atoms with Gasteiger partial charge in [0.05, 0.1) is 5.56 Å². The Balaban J connectivity index is 0.00000208. The van der Waals surface area contributed by atoms with Gasteiger partial charge in [0.25, 0.3) is 0 Å². The number of rotatable bonds is 2. The van der Waals surface area contributed by atoms with Gasteiger partial charge in [-0.25, -0.2) is 0 Å². The molecule has 0 radical (unpaired) electrons. The third kappa shape index (κ3) is 4.15. The highest BCUT2D eigenvalue weighted by Crippen LogP contribution is 2.47. The molecule has 1 saturated heterocycles. The summed E-state index contributed by atoms with van der Waals surface area (Å²) in [7, 11) is 1.72. The summed E-state index contributed by atoms with van der Waals surface area (Å²) in [6, 6.07) is 5.44. The van der Waals surface area contributed by atoms with Crippen molar-refractivity contribution >= 4 is 29.9 Å². The van der Waals surface area contributed by atoms with Crippen LogP contribution in [0.5, 0.6) is 0 Å². The van der Waals surface area contributed by atoms with E-state index in [0.29, 0.717) is 17.5 Å². The monoisotopic (exact) mass is 453 g/mol. The molecule has 3 rings (SSSR count). The number of likely N-dealkylation sites (tertiary alicyclic amines) is 1. The first-order chi connectivity index (χ1) is 10.9. The predicted molar refractivity (Wildman–Crippen MR) is 99.5 cm³/mol. The van der Waals surface area contributed by atoms with Crippen LogP contribution >= 0.6 is 24.0 Å². The molecule has 1 N–H and O–H groups in total. The zero-order valence-electron chi connectivity index (χ0n) is 13.7. The van der Waals surface area contributed by atoms with Gasteiger partial charge in [0, 0.05) is 26.7 Å². The Morgan fingerprint density at radius 1 is 1.29 bits per heavy atom. The lowest BCUT2D eigenvalue weighted by molar-refractivity contribution is -0.137. The molecule has 0 bridgehead atoms. The van der Waals surface area contributed by atoms with E-state index in [1.54, 1.807) is 13.1 Å². The van der Waals surface area contributed by atoms with Crippen LogP contribution in [0.3, 0.4) is 0 Å². The summed E-state index contributed by atoms with van der Waals surface area (Å²) >= 11 is 0. The highest BCUT2D eigenvalue weighted by Gasteiger charge is 2.43. The van der Waals surface area contributed by atoms with Gasteiger partial charge in [-0.2, -0.15) is 13.2 Å². The lowest BCUT2D eigenvalue weighted by atomic mass is 9.68. The van der Waals surface area contributed by atoms with Gasteiger partial charge < -0.3 is 10.2 Å². The van der Waals surface area contributed by atoms with Crippen LogP contribution in [0.25, 0.3) is 0 Å². The number of aliphatic imine (C=N–C) groups is 1. The minimum absolute atomic E-state index is 0. The summed E-state index contributed by atoms with van der Waals surface area (Å²) in [4.78, 5) is 6.52. The molecule has 0 unspecified atom stereocenters. The first-order valence-corrected chi connectivity index (χ1v) is 8.04. The SMILES string of the molecule is CN=C(NCc1cccc(C(F)(F)F)c1)N1CCC2(CCC2)C1.I. The highest BCUT2D eigenvalue weighted by atomic mass is 127. The summed E-state index contributed by atoms with van der Waals surface area (Å²) in [6.07, 6.45) is 0.771. The minimum Gasteiger partial charge on any atom is -0.352 e. The molecule has 0 aromatic heterocycles. The fourth-order valence-corrected chi connectivity index (χ4v) is 3.57. The molecule has 1 aliphatic heterocycles. The highest BCUT2D eigenvalue weighted by molar-refractivity contribution is 14.0. The van der Waals surface area contributed by atoms with Gasteiger partial charge in [0.1, 0.15) is 0 Å². The number of nitrogens with one attached hydrogen (secondary N) is 1. The second-order valence-corrected chi connectivity index (χ2v) is 6.62. The van der Waals surface area contributed by atoms with Crippen molar-refractivity contribution < 1.29 is 13.2 Å². The second-order valence-electron chi connectivity index (χ2n) is 6.62. The molecule has 1 aromatic rings. The van der Waals surface area contributed by atoms with Crippen molar-refractivity contribution in [2.75, 3.05) is 20.1 Å². The number of alkyl halides is 3. The van der Waals surface area contributed by atoms with E-state index in [1.165, 1.54) is 37.8 Å². The summed E-state index contributed by atoms with van der Waals surface area (Å²) in [6.45, 7) is 2.33. The number of guanidine groups is 1. The third-order valence-electron chi connectivity index (χ3n) is 5.07. The summed E-state index contributed by atoms with van der Waals surface area (Å²) < 4.78 is 38.3. The van der Waals surface area contributed by atoms with Gasteiger partial charge in [-0.05, 0) is 42.4 Å². The lowest BCUT2D eigenvalue weighted by Crippen LogP contribution is -2.42. The Labute approximate surface area is 157 Å². The predicted octanol–water partition coefficient (Wildman–Crippen LogP) is 4.27. The van der Waals surface area contributed by atoms with E-state index < -0.39 is 11.7 Å². The maximum atomic E-state index is 12.8. The first-order valence-electron chi connectivity index (χ1n) is 8.04. The summed E-state index contributed by atoms with van der Waals surface area (Å²) in [5.74, 6) is 0.784. The Bertz CT molecular complexity index is 597. The average molecular weight is 453 g/mol. The standard InChI is InChI=1S/C17H22F3N3.HI/c1-21-15(23-9-8-16(12-23)6-3-7-16)22-11-13-4-2-5-14(10-13)17(18,19)20;/h2,4-5,10H,3,6-9,11-12H2,1H3,(H,21,22);1H. The van der Waals surface area contributed by atoms with Gasteiger partial charge in [0.2, 0.25) is 0 Å². The molecule has 1 heterocycles. The van der Waals surface area contributed by atoms with Crippen molar-refractivity contribution in [1.29, 1.82) is 0 Å². The number of benzene rings is 1. The quantitative estimate of drug-likeness (QED) is 0.412. The number of hydrogen-bond acceptors (Lipinski definition) is 1. The third-order valence-corrected chi connectivity index (χ3v) is 5.07. The largest absolute Gasteiger partial charge is 0.416 e. The van der Waals surface area contributed by atoms with Gasteiger partial charge >= 0.3 is 6.18 Å². The van der Waals surface area contributed by atoms with Crippen LogP contribution in [0.15, 0.2) is 29.3 Å². The van der Waals surface area contributed by atoms with E-state index in [9.17, 15) is 13.2 Å². The molecule has 1 aromatic carbocycles. The van der Waals surface area contributed by atoms with Crippen molar-refractivity contribution in [3.05, 3.63) is 35.4 Å². The Morgan fingerprint density at radius 2 is 2.04 bits per heavy atom. The van der Waals surface area contributed by atoms with E-state index in [2.05, 4.69) is 15.2 Å². The Morgan fingerprint density at radius 3 is 2.58 bits per heavy atom. The molecular formula is C17H23F3IN3. The Kier molecular flexibility index (Phi) is 6.04. The molecule has 1 saturated carbocycles. The van der Waals surface area contributed by atoms with E-state index in [0.717, 1.165) is 25.1 Å². The number of halogens is 4. The maximum absolute atomic E-state index is 12.8. The maximum Gasteiger partial charge on any atom is 0.416 e. The van der Waals surface area contributed by atoms with E-state index in [1.807, 2.05) is 0 Å². The first kappa shape index (κ1) is 19.3. The second kappa shape index (κ2) is 7.49. The molecule has 2 fully saturated rings. The van der Waals surface area contributed by atoms with Gasteiger partial charge in [-0.3, -0.25) is 4.99 Å². The molecule has 24 heavy (non-hydrogen) atoms. The molecule has 0 amide bonds. The van der Waals surface area contributed by atoms with Crippen LogP contribution in [0, 0.1) is 5.41 Å². The fraction of sp³-hybridized carbons (Fsp3) is 0.588. The van der Waals surface area contributed by atoms with Crippen LogP contribution in [-0.4, -0.2) is 31.0 Å². The molecule has 2 aliphatic rings. The zero-order chi connectivity index (χ0) is 16.5. The van der Waals surface area contributed by atoms with Crippen molar-refractivity contribution in [2.24, 2.45) is 10.4 Å². The Hall–Kier alpha value is -0.990. The molecule has 0 atom stereocenters. The molecule has 7 heteroatoms. The zero-order valence-corrected chi connectivity index (χ0v) is 16.0.